The van der Waals surface area contributed by atoms with Gasteiger partial charge >= 0.3 is 5.97 Å². The average molecular weight is 446 g/mol. The van der Waals surface area contributed by atoms with Crippen molar-refractivity contribution in [1.82, 2.24) is 9.55 Å². The Kier molecular flexibility index (Phi) is 8.19. The fourth-order valence-corrected chi connectivity index (χ4v) is 4.23. The summed E-state index contributed by atoms with van der Waals surface area (Å²) in [5.74, 6) is -0.860. The van der Waals surface area contributed by atoms with Gasteiger partial charge in [0.05, 0.1) is 18.5 Å². The lowest BCUT2D eigenvalue weighted by Gasteiger charge is -2.39. The van der Waals surface area contributed by atoms with Crippen LogP contribution in [0, 0.1) is 0 Å². The van der Waals surface area contributed by atoms with Gasteiger partial charge in [-0.1, -0.05) is 32.9 Å². The number of carbonyl (C=O) groups excluding carboxylic acids is 2. The molecule has 0 saturated heterocycles. The zero-order valence-electron chi connectivity index (χ0n) is 19.5. The van der Waals surface area contributed by atoms with Gasteiger partial charge in [0.2, 0.25) is 0 Å². The number of esters is 1. The number of nitrogens with zero attached hydrogens (tertiary/aromatic N) is 2. The molecule has 0 saturated carbocycles. The van der Waals surface area contributed by atoms with Crippen molar-refractivity contribution in [2.24, 2.45) is 5.73 Å². The van der Waals surface area contributed by atoms with Gasteiger partial charge in [-0.25, -0.2) is 9.78 Å². The van der Waals surface area contributed by atoms with E-state index in [4.69, 9.17) is 14.9 Å². The summed E-state index contributed by atoms with van der Waals surface area (Å²) < 4.78 is 13.6. The first-order valence-electron chi connectivity index (χ1n) is 10.7. The lowest BCUT2D eigenvalue weighted by atomic mass is 10.0. The number of amides is 1. The molecule has 2 aromatic rings. The summed E-state index contributed by atoms with van der Waals surface area (Å²) in [5, 5.41) is 0.0479. The average Bonchev–Trinajstić information content (AvgIpc) is 3.17. The molecule has 1 unspecified atom stereocenters. The van der Waals surface area contributed by atoms with Crippen LogP contribution in [-0.2, 0) is 15.6 Å². The van der Waals surface area contributed by atoms with Gasteiger partial charge in [-0.3, -0.25) is 4.79 Å². The second-order valence-electron chi connectivity index (χ2n) is 9.22. The number of ether oxygens (including phenoxy) is 1. The molecule has 7 nitrogen and oxygen atoms in total. The van der Waals surface area contributed by atoms with E-state index < -0.39 is 14.2 Å². The number of aryl methyl sites for hydroxylation is 1. The minimum Gasteiger partial charge on any atom is -0.462 e. The highest BCUT2D eigenvalue weighted by Gasteiger charge is 2.39. The Morgan fingerprint density at radius 3 is 2.55 bits per heavy atom. The maximum Gasteiger partial charge on any atom is 0.338 e. The number of hydrogen-bond acceptors (Lipinski definition) is 5. The summed E-state index contributed by atoms with van der Waals surface area (Å²) in [6.07, 6.45) is 5.40. The van der Waals surface area contributed by atoms with Crippen molar-refractivity contribution in [3.05, 3.63) is 53.6 Å². The Bertz CT molecular complexity index is 902. The normalized spacial score (nSPS) is 13.1. The van der Waals surface area contributed by atoms with Gasteiger partial charge < -0.3 is 19.5 Å². The molecule has 0 aliphatic carbocycles. The van der Waals surface area contributed by atoms with E-state index in [9.17, 15) is 9.59 Å². The first-order chi connectivity index (χ1) is 14.4. The van der Waals surface area contributed by atoms with E-state index >= 15 is 0 Å². The van der Waals surface area contributed by atoms with E-state index in [2.05, 4.69) is 38.8 Å². The SMILES string of the molecule is CCOC(=O)c1cccc(CCCC(O[Si](C)(C)C(C)(C)C)n2cnc(C(N)=O)c2)c1. The Morgan fingerprint density at radius 1 is 1.26 bits per heavy atom. The van der Waals surface area contributed by atoms with Gasteiger partial charge in [0.25, 0.3) is 5.91 Å². The standard InChI is InChI=1S/C23H35N3O4Si/c1-7-29-22(28)18-12-8-10-17(14-18)11-9-13-20(30-31(5,6)23(2,3)4)26-15-19(21(24)27)25-16-26/h8,10,12,14-16,20H,7,9,11,13H2,1-6H3,(H2,24,27). The molecule has 0 fully saturated rings. The van der Waals surface area contributed by atoms with Crippen molar-refractivity contribution in [2.45, 2.75) is 71.3 Å². The van der Waals surface area contributed by atoms with Crippen LogP contribution < -0.4 is 5.73 Å². The van der Waals surface area contributed by atoms with Gasteiger partial charge in [-0.05, 0) is 62.0 Å². The molecular weight excluding hydrogens is 410 g/mol. The lowest BCUT2D eigenvalue weighted by molar-refractivity contribution is 0.0526. The Morgan fingerprint density at radius 2 is 1.97 bits per heavy atom. The van der Waals surface area contributed by atoms with Crippen molar-refractivity contribution in [3.63, 3.8) is 0 Å². The van der Waals surface area contributed by atoms with Gasteiger partial charge in [0.15, 0.2) is 8.32 Å². The molecule has 31 heavy (non-hydrogen) atoms. The predicted molar refractivity (Wildman–Crippen MR) is 123 cm³/mol. The van der Waals surface area contributed by atoms with Crippen LogP contribution in [-0.4, -0.2) is 36.4 Å². The minimum absolute atomic E-state index is 0.0479. The summed E-state index contributed by atoms with van der Waals surface area (Å²) >= 11 is 0. The third kappa shape index (κ3) is 6.77. The van der Waals surface area contributed by atoms with E-state index in [1.54, 1.807) is 25.5 Å². The number of hydrogen-bond donors (Lipinski definition) is 1. The van der Waals surface area contributed by atoms with Crippen molar-refractivity contribution in [3.8, 4) is 0 Å². The largest absolute Gasteiger partial charge is 0.462 e. The first-order valence-corrected chi connectivity index (χ1v) is 13.6. The fourth-order valence-electron chi connectivity index (χ4n) is 2.96. The summed E-state index contributed by atoms with van der Waals surface area (Å²) in [7, 11) is -2.06. The van der Waals surface area contributed by atoms with Crippen LogP contribution in [0.1, 0.15) is 73.2 Å². The van der Waals surface area contributed by atoms with Crippen LogP contribution in [0.25, 0.3) is 0 Å². The van der Waals surface area contributed by atoms with Crippen LogP contribution >= 0.6 is 0 Å². The Hall–Kier alpha value is -2.45. The lowest BCUT2D eigenvalue weighted by Crippen LogP contribution is -2.42. The molecule has 1 amide bonds. The number of aromatic nitrogens is 2. The van der Waals surface area contributed by atoms with Crippen LogP contribution in [0.2, 0.25) is 18.1 Å². The molecule has 0 aliphatic rings. The van der Waals surface area contributed by atoms with Gasteiger partial charge in [0, 0.05) is 6.20 Å². The van der Waals surface area contributed by atoms with E-state index in [-0.39, 0.29) is 22.9 Å². The maximum absolute atomic E-state index is 12.0. The zero-order valence-corrected chi connectivity index (χ0v) is 20.5. The molecule has 0 radical (unpaired) electrons. The minimum atomic E-state index is -2.06. The second kappa shape index (κ2) is 10.2. The van der Waals surface area contributed by atoms with Crippen molar-refractivity contribution in [1.29, 1.82) is 0 Å². The molecule has 170 valence electrons. The summed E-state index contributed by atoms with van der Waals surface area (Å²) in [6, 6.07) is 7.53. The molecule has 2 N–H and O–H groups in total. The van der Waals surface area contributed by atoms with E-state index in [1.165, 1.54) is 0 Å². The number of rotatable bonds is 10. The highest BCUT2D eigenvalue weighted by molar-refractivity contribution is 6.74. The van der Waals surface area contributed by atoms with Crippen molar-refractivity contribution < 1.29 is 18.8 Å². The molecule has 0 spiro atoms. The van der Waals surface area contributed by atoms with Crippen LogP contribution in [0.5, 0.6) is 0 Å². The van der Waals surface area contributed by atoms with E-state index in [0.29, 0.717) is 12.2 Å². The molecule has 0 aliphatic heterocycles. The van der Waals surface area contributed by atoms with Crippen LogP contribution in [0.4, 0.5) is 0 Å². The number of nitrogens with two attached hydrogens (primary N) is 1. The fraction of sp³-hybridized carbons (Fsp3) is 0.522. The molecular formula is C23H35N3O4Si. The third-order valence-corrected chi connectivity index (χ3v) is 10.3. The van der Waals surface area contributed by atoms with Crippen LogP contribution in [0.15, 0.2) is 36.8 Å². The summed E-state index contributed by atoms with van der Waals surface area (Å²) in [4.78, 5) is 27.6. The number of carbonyl (C=O) groups is 2. The predicted octanol–water partition coefficient (Wildman–Crippen LogP) is 4.70. The molecule has 1 heterocycles. The van der Waals surface area contributed by atoms with Crippen molar-refractivity contribution in [2.75, 3.05) is 6.61 Å². The molecule has 1 aromatic carbocycles. The van der Waals surface area contributed by atoms with Gasteiger partial charge in [-0.15, -0.1) is 0 Å². The van der Waals surface area contributed by atoms with Gasteiger partial charge in [-0.2, -0.15) is 0 Å². The molecule has 0 bridgehead atoms. The van der Waals surface area contributed by atoms with E-state index in [1.807, 2.05) is 22.8 Å². The summed E-state index contributed by atoms with van der Waals surface area (Å²) in [6.45, 7) is 13.1. The molecule has 1 atom stereocenters. The smallest absolute Gasteiger partial charge is 0.338 e. The number of benzene rings is 1. The highest BCUT2D eigenvalue weighted by Crippen LogP contribution is 2.39. The Labute approximate surface area is 186 Å². The second-order valence-corrected chi connectivity index (χ2v) is 14.0. The van der Waals surface area contributed by atoms with Crippen LogP contribution in [0.3, 0.4) is 0 Å². The molecule has 2 rings (SSSR count). The molecule has 1 aromatic heterocycles. The molecule has 8 heteroatoms. The topological polar surface area (TPSA) is 96.4 Å². The van der Waals surface area contributed by atoms with Gasteiger partial charge in [0.1, 0.15) is 11.9 Å². The van der Waals surface area contributed by atoms with E-state index in [0.717, 1.165) is 24.8 Å². The monoisotopic (exact) mass is 445 g/mol. The van der Waals surface area contributed by atoms with Crippen molar-refractivity contribution >= 4 is 20.2 Å². The number of imidazole rings is 1. The first kappa shape index (κ1) is 24.8. The Balaban J connectivity index is 2.13. The summed E-state index contributed by atoms with van der Waals surface area (Å²) in [5.41, 5.74) is 7.24. The number of primary amides is 1. The third-order valence-electron chi connectivity index (χ3n) is 5.78. The maximum atomic E-state index is 12.0. The zero-order chi connectivity index (χ0) is 23.2. The highest BCUT2D eigenvalue weighted by atomic mass is 28.4. The quantitative estimate of drug-likeness (QED) is 0.422.